The summed E-state index contributed by atoms with van der Waals surface area (Å²) in [6.45, 7) is 0. The van der Waals surface area contributed by atoms with Crippen molar-refractivity contribution in [2.45, 2.75) is 17.9 Å². The van der Waals surface area contributed by atoms with E-state index >= 15 is 0 Å². The Bertz CT molecular complexity index is 1010. The summed E-state index contributed by atoms with van der Waals surface area (Å²) >= 11 is -0.192. The monoisotopic (exact) mass is 528 g/mol. The summed E-state index contributed by atoms with van der Waals surface area (Å²) in [6, 6.07) is 12.3. The first kappa shape index (κ1) is 24.9. The average Bonchev–Trinajstić information content (AvgIpc) is 3.22. The van der Waals surface area contributed by atoms with Crippen LogP contribution in [0.4, 0.5) is 13.2 Å². The quantitative estimate of drug-likeness (QED) is 0.311. The van der Waals surface area contributed by atoms with Gasteiger partial charge in [-0.25, -0.2) is 0 Å². The van der Waals surface area contributed by atoms with Gasteiger partial charge in [-0.3, -0.25) is 0 Å². The Morgan fingerprint density at radius 1 is 0.970 bits per heavy atom. The Labute approximate surface area is 196 Å². The first-order valence-electron chi connectivity index (χ1n) is 9.98. The molecule has 1 aliphatic carbocycles. The molecule has 0 heterocycles. The van der Waals surface area contributed by atoms with Gasteiger partial charge in [0.2, 0.25) is 0 Å². The van der Waals surface area contributed by atoms with Crippen LogP contribution in [-0.4, -0.2) is 48.2 Å². The summed E-state index contributed by atoms with van der Waals surface area (Å²) < 4.78 is 54.4. The van der Waals surface area contributed by atoms with E-state index in [2.05, 4.69) is 0 Å². The second-order valence-corrected chi connectivity index (χ2v) is 9.81. The molecule has 1 aliphatic rings. The maximum absolute atomic E-state index is 12.8. The van der Waals surface area contributed by atoms with Gasteiger partial charge in [-0.05, 0) is 0 Å². The van der Waals surface area contributed by atoms with Crippen molar-refractivity contribution in [3.05, 3.63) is 65.7 Å². The molecule has 176 valence electrons. The van der Waals surface area contributed by atoms with Gasteiger partial charge < -0.3 is 0 Å². The number of carbonyl (C=O) groups excluding carboxylic acids is 2. The van der Waals surface area contributed by atoms with Crippen LogP contribution in [0.2, 0.25) is 5.32 Å². The van der Waals surface area contributed by atoms with Crippen molar-refractivity contribution in [1.29, 1.82) is 0 Å². The molecule has 3 rings (SSSR count). The molecule has 0 amide bonds. The molecule has 0 aliphatic heterocycles. The van der Waals surface area contributed by atoms with Crippen LogP contribution in [0, 0.1) is 11.3 Å². The number of allylic oxidation sites excluding steroid dienone is 1. The van der Waals surface area contributed by atoms with Gasteiger partial charge in [0.05, 0.1) is 0 Å². The number of halogens is 3. The number of benzene rings is 2. The molecule has 0 fully saturated rings. The molecule has 0 N–H and O–H groups in total. The number of hydrogen-bond donors (Lipinski definition) is 0. The summed E-state index contributed by atoms with van der Waals surface area (Å²) in [5.74, 6) is -0.941. The fourth-order valence-corrected chi connectivity index (χ4v) is 6.00. The molecule has 1 unspecified atom stereocenters. The number of hydrogen-bond acceptors (Lipinski definition) is 5. The summed E-state index contributed by atoms with van der Waals surface area (Å²) in [5.41, 5.74) is -0.655. The Kier molecular flexibility index (Phi) is 7.54. The van der Waals surface area contributed by atoms with Crippen LogP contribution < -0.4 is 9.20 Å². The SMILES string of the molecule is COC(=O)C1(C(=O)OC)C=C(c2ccc(OC)cc2)C(C[Se]c2ccc(C(F)(F)F)cc2)C1. The van der Waals surface area contributed by atoms with Crippen molar-refractivity contribution in [1.82, 2.24) is 0 Å². The van der Waals surface area contributed by atoms with Crippen molar-refractivity contribution in [3.63, 3.8) is 0 Å². The molecular formula is C24H23F3O5Se. The second kappa shape index (κ2) is 10.0. The van der Waals surface area contributed by atoms with E-state index in [0.29, 0.717) is 11.1 Å². The fourth-order valence-electron chi connectivity index (χ4n) is 3.86. The minimum absolute atomic E-state index is 0.163. The zero-order valence-corrected chi connectivity index (χ0v) is 20.0. The molecule has 0 radical (unpaired) electrons. The van der Waals surface area contributed by atoms with Crippen molar-refractivity contribution >= 4 is 36.9 Å². The van der Waals surface area contributed by atoms with Crippen LogP contribution in [-0.2, 0) is 25.2 Å². The molecular weight excluding hydrogens is 504 g/mol. The molecule has 33 heavy (non-hydrogen) atoms. The van der Waals surface area contributed by atoms with Crippen molar-refractivity contribution in [2.24, 2.45) is 11.3 Å². The van der Waals surface area contributed by atoms with E-state index in [1.165, 1.54) is 26.4 Å². The van der Waals surface area contributed by atoms with Gasteiger partial charge in [-0.2, -0.15) is 0 Å². The summed E-state index contributed by atoms with van der Waals surface area (Å²) in [6.07, 6.45) is -2.61. The summed E-state index contributed by atoms with van der Waals surface area (Å²) in [5, 5.41) is 0.575. The van der Waals surface area contributed by atoms with Gasteiger partial charge in [-0.15, -0.1) is 0 Å². The van der Waals surface area contributed by atoms with Crippen LogP contribution in [0.15, 0.2) is 54.6 Å². The van der Waals surface area contributed by atoms with E-state index in [1.807, 2.05) is 12.1 Å². The molecule has 2 aromatic rings. The maximum atomic E-state index is 12.8. The third-order valence-electron chi connectivity index (χ3n) is 5.57. The van der Waals surface area contributed by atoms with E-state index in [0.717, 1.165) is 27.7 Å². The fraction of sp³-hybridized carbons (Fsp3) is 0.333. The Hall–Kier alpha value is -2.77. The molecule has 0 saturated heterocycles. The predicted molar refractivity (Wildman–Crippen MR) is 117 cm³/mol. The minimum atomic E-state index is -4.39. The zero-order valence-electron chi connectivity index (χ0n) is 18.3. The molecule has 0 aromatic heterocycles. The van der Waals surface area contributed by atoms with Crippen molar-refractivity contribution in [2.75, 3.05) is 21.3 Å². The number of rotatable bonds is 7. The molecule has 2 aromatic carbocycles. The van der Waals surface area contributed by atoms with Crippen LogP contribution >= 0.6 is 0 Å². The van der Waals surface area contributed by atoms with Crippen LogP contribution in [0.1, 0.15) is 17.5 Å². The Morgan fingerprint density at radius 3 is 2.03 bits per heavy atom. The van der Waals surface area contributed by atoms with Gasteiger partial charge in [0.25, 0.3) is 0 Å². The topological polar surface area (TPSA) is 61.8 Å². The van der Waals surface area contributed by atoms with E-state index in [-0.39, 0.29) is 27.3 Å². The van der Waals surface area contributed by atoms with Gasteiger partial charge in [0.15, 0.2) is 0 Å². The van der Waals surface area contributed by atoms with E-state index in [1.54, 1.807) is 25.3 Å². The summed E-state index contributed by atoms with van der Waals surface area (Å²) in [4.78, 5) is 25.4. The number of alkyl halides is 3. The zero-order chi connectivity index (χ0) is 24.2. The van der Waals surface area contributed by atoms with Crippen molar-refractivity contribution < 1.29 is 37.0 Å². The van der Waals surface area contributed by atoms with Crippen LogP contribution in [0.3, 0.4) is 0 Å². The van der Waals surface area contributed by atoms with Gasteiger partial charge in [-0.1, -0.05) is 0 Å². The first-order valence-corrected chi connectivity index (χ1v) is 12.1. The molecule has 9 heteroatoms. The first-order chi connectivity index (χ1) is 15.6. The number of methoxy groups -OCH3 is 3. The standard InChI is InChI=1S/C24H23F3O5Se/c1-30-18-8-4-15(5-9-18)20-13-23(21(28)31-2,22(29)32-3)12-16(20)14-33-19-10-6-17(7-11-19)24(25,26)27/h4-11,13,16H,12,14H2,1-3H3. The third-order valence-corrected chi connectivity index (χ3v) is 8.03. The molecule has 1 atom stereocenters. The Balaban J connectivity index is 1.91. The Morgan fingerprint density at radius 2 is 1.55 bits per heavy atom. The second-order valence-electron chi connectivity index (χ2n) is 7.52. The van der Waals surface area contributed by atoms with Gasteiger partial charge in [0, 0.05) is 0 Å². The van der Waals surface area contributed by atoms with E-state index < -0.39 is 29.1 Å². The predicted octanol–water partition coefficient (Wildman–Crippen LogP) is 3.90. The third kappa shape index (κ3) is 5.25. The average molecular weight is 527 g/mol. The normalized spacial score (nSPS) is 17.3. The van der Waals surface area contributed by atoms with E-state index in [9.17, 15) is 22.8 Å². The summed E-state index contributed by atoms with van der Waals surface area (Å²) in [7, 11) is 3.99. The molecule has 0 bridgehead atoms. The van der Waals surface area contributed by atoms with Crippen molar-refractivity contribution in [3.8, 4) is 5.75 Å². The van der Waals surface area contributed by atoms with Crippen LogP contribution in [0.25, 0.3) is 5.57 Å². The molecule has 0 saturated carbocycles. The number of carbonyl (C=O) groups is 2. The number of ether oxygens (including phenoxy) is 3. The number of esters is 2. The van der Waals surface area contributed by atoms with Gasteiger partial charge >= 0.3 is 196 Å². The van der Waals surface area contributed by atoms with Crippen LogP contribution in [0.5, 0.6) is 5.75 Å². The van der Waals surface area contributed by atoms with Gasteiger partial charge in [0.1, 0.15) is 0 Å². The molecule has 0 spiro atoms. The molecule has 5 nitrogen and oxygen atoms in total. The van der Waals surface area contributed by atoms with E-state index in [4.69, 9.17) is 14.2 Å².